The van der Waals surface area contributed by atoms with Crippen LogP contribution in [0.1, 0.15) is 21.6 Å². The molecule has 2 rings (SSSR count). The van der Waals surface area contributed by atoms with Crippen LogP contribution in [0.15, 0.2) is 36.4 Å². The Hall–Kier alpha value is -1.15. The van der Waals surface area contributed by atoms with Crippen molar-refractivity contribution in [3.8, 4) is 0 Å². The third-order valence-electron chi connectivity index (χ3n) is 2.50. The number of pyridine rings is 1. The summed E-state index contributed by atoms with van der Waals surface area (Å²) >= 11 is 7.67. The van der Waals surface area contributed by atoms with Crippen LogP contribution in [-0.4, -0.2) is 10.8 Å². The molecule has 0 saturated carbocycles. The molecule has 1 aromatic carbocycles. The number of carbonyl (C=O) groups is 1. The van der Waals surface area contributed by atoms with Gasteiger partial charge in [-0.1, -0.05) is 23.7 Å². The average molecular weight is 412 g/mol. The molecule has 0 saturated heterocycles. The van der Waals surface area contributed by atoms with E-state index >= 15 is 0 Å². The van der Waals surface area contributed by atoms with E-state index in [-0.39, 0.29) is 5.56 Å². The third-order valence-corrected chi connectivity index (χ3v) is 3.73. The summed E-state index contributed by atoms with van der Waals surface area (Å²) in [5.74, 6) is -0.457. The van der Waals surface area contributed by atoms with Crippen LogP contribution < -0.4 is 0 Å². The van der Waals surface area contributed by atoms with Crippen molar-refractivity contribution < 1.29 is 18.0 Å². The first-order chi connectivity index (χ1) is 9.30. The average Bonchev–Trinajstić information content (AvgIpc) is 2.37. The number of carbonyl (C=O) groups excluding carboxylic acids is 1. The fourth-order valence-corrected chi connectivity index (χ4v) is 2.42. The normalized spacial score (nSPS) is 11.4. The van der Waals surface area contributed by atoms with E-state index in [9.17, 15) is 18.0 Å². The molecular weight excluding hydrogens is 406 g/mol. The number of hydrogen-bond acceptors (Lipinski definition) is 2. The molecule has 7 heteroatoms. The zero-order valence-corrected chi connectivity index (χ0v) is 12.6. The summed E-state index contributed by atoms with van der Waals surface area (Å²) in [4.78, 5) is 15.5. The van der Waals surface area contributed by atoms with Crippen molar-refractivity contribution in [2.24, 2.45) is 0 Å². The molecule has 0 spiro atoms. The zero-order valence-electron chi connectivity index (χ0n) is 9.71. The topological polar surface area (TPSA) is 30.0 Å². The molecule has 2 nitrogen and oxygen atoms in total. The molecule has 20 heavy (non-hydrogen) atoms. The summed E-state index contributed by atoms with van der Waals surface area (Å²) in [6.45, 7) is 0. The Morgan fingerprint density at radius 2 is 1.75 bits per heavy atom. The second-order valence-electron chi connectivity index (χ2n) is 3.84. The number of benzene rings is 1. The number of hydrogen-bond donors (Lipinski definition) is 0. The lowest BCUT2D eigenvalue weighted by molar-refractivity contribution is -0.141. The Morgan fingerprint density at radius 1 is 1.10 bits per heavy atom. The second-order valence-corrected chi connectivity index (χ2v) is 5.36. The minimum Gasteiger partial charge on any atom is -0.288 e. The van der Waals surface area contributed by atoms with Crippen molar-refractivity contribution in [1.82, 2.24) is 4.98 Å². The van der Waals surface area contributed by atoms with Gasteiger partial charge in [0.15, 0.2) is 5.78 Å². The van der Waals surface area contributed by atoms with Gasteiger partial charge in [0, 0.05) is 9.13 Å². The van der Waals surface area contributed by atoms with Gasteiger partial charge in [-0.15, -0.1) is 0 Å². The highest BCUT2D eigenvalue weighted by Crippen LogP contribution is 2.30. The molecule has 1 heterocycles. The summed E-state index contributed by atoms with van der Waals surface area (Å²) in [5, 5.41) is -0.454. The van der Waals surface area contributed by atoms with Gasteiger partial charge in [-0.3, -0.25) is 4.79 Å². The number of ketones is 1. The molecule has 0 N–H and O–H groups in total. The van der Waals surface area contributed by atoms with Gasteiger partial charge in [-0.25, -0.2) is 4.98 Å². The number of rotatable bonds is 2. The van der Waals surface area contributed by atoms with Crippen LogP contribution >= 0.6 is 34.2 Å². The van der Waals surface area contributed by atoms with Crippen molar-refractivity contribution in [3.05, 3.63) is 61.9 Å². The monoisotopic (exact) mass is 411 g/mol. The van der Waals surface area contributed by atoms with E-state index in [0.717, 1.165) is 12.1 Å². The molecule has 0 aliphatic carbocycles. The van der Waals surface area contributed by atoms with Crippen molar-refractivity contribution in [3.63, 3.8) is 0 Å². The fraction of sp³-hybridized carbons (Fsp3) is 0.0769. The quantitative estimate of drug-likeness (QED) is 0.411. The van der Waals surface area contributed by atoms with Crippen molar-refractivity contribution in [2.45, 2.75) is 6.18 Å². The van der Waals surface area contributed by atoms with Crippen molar-refractivity contribution in [2.75, 3.05) is 0 Å². The molecule has 0 radical (unpaired) electrons. The van der Waals surface area contributed by atoms with E-state index in [2.05, 4.69) is 4.98 Å². The Morgan fingerprint density at radius 3 is 2.30 bits per heavy atom. The number of aromatic nitrogens is 1. The molecule has 0 aliphatic rings. The molecule has 0 bridgehead atoms. The van der Waals surface area contributed by atoms with Crippen LogP contribution in [0.3, 0.4) is 0 Å². The van der Waals surface area contributed by atoms with E-state index in [4.69, 9.17) is 11.6 Å². The minimum absolute atomic E-state index is 0.0521. The summed E-state index contributed by atoms with van der Waals surface area (Å²) < 4.78 is 38.1. The summed E-state index contributed by atoms with van der Waals surface area (Å²) in [6.07, 6.45) is -4.59. The Kier molecular flexibility index (Phi) is 4.33. The number of nitrogens with zero attached hydrogens (tertiary/aromatic N) is 1. The molecule has 2 aromatic rings. The SMILES string of the molecule is O=C(c1ccccc1I)c1ccc(C(F)(F)F)nc1Cl. The van der Waals surface area contributed by atoms with E-state index in [1.807, 2.05) is 22.6 Å². The zero-order chi connectivity index (χ0) is 14.9. The van der Waals surface area contributed by atoms with Crippen molar-refractivity contribution in [1.29, 1.82) is 0 Å². The maximum Gasteiger partial charge on any atom is 0.433 e. The summed E-state index contributed by atoms with van der Waals surface area (Å²) in [5.41, 5.74) is -0.804. The van der Waals surface area contributed by atoms with Crippen molar-refractivity contribution >= 4 is 40.0 Å². The summed E-state index contributed by atoms with van der Waals surface area (Å²) in [7, 11) is 0. The highest BCUT2D eigenvalue weighted by Gasteiger charge is 2.33. The standard InChI is InChI=1S/C13H6ClF3INO/c14-12-8(5-6-10(19-12)13(15,16)17)11(20)7-3-1-2-4-9(7)18/h1-6H. The maximum absolute atomic E-state index is 12.5. The lowest BCUT2D eigenvalue weighted by Gasteiger charge is -2.09. The number of halogens is 5. The van der Waals surface area contributed by atoms with Gasteiger partial charge >= 0.3 is 6.18 Å². The number of alkyl halides is 3. The van der Waals surface area contributed by atoms with Crippen LogP contribution in [-0.2, 0) is 6.18 Å². The molecule has 104 valence electrons. The Bertz CT molecular complexity index is 673. The van der Waals surface area contributed by atoms with Gasteiger partial charge < -0.3 is 0 Å². The summed E-state index contributed by atoms with van der Waals surface area (Å²) in [6, 6.07) is 8.52. The molecule has 0 fully saturated rings. The van der Waals surface area contributed by atoms with E-state index < -0.39 is 22.8 Å². The molecule has 1 aromatic heterocycles. The van der Waals surface area contributed by atoms with Crippen LogP contribution in [0.2, 0.25) is 5.15 Å². The van der Waals surface area contributed by atoms with Gasteiger partial charge in [-0.05, 0) is 46.9 Å². The van der Waals surface area contributed by atoms with E-state index in [0.29, 0.717) is 9.13 Å². The highest BCUT2D eigenvalue weighted by atomic mass is 127. The predicted octanol–water partition coefficient (Wildman–Crippen LogP) is 4.59. The first-order valence-corrected chi connectivity index (χ1v) is 6.79. The predicted molar refractivity (Wildman–Crippen MR) is 76.8 cm³/mol. The second kappa shape index (κ2) is 5.69. The van der Waals surface area contributed by atoms with Gasteiger partial charge in [0.2, 0.25) is 0 Å². The molecule has 0 atom stereocenters. The molecular formula is C13H6ClF3INO. The van der Waals surface area contributed by atoms with Crippen LogP contribution in [0.4, 0.5) is 13.2 Å². The third kappa shape index (κ3) is 3.12. The van der Waals surface area contributed by atoms with E-state index in [1.165, 1.54) is 0 Å². The first-order valence-electron chi connectivity index (χ1n) is 5.33. The van der Waals surface area contributed by atoms with Crippen LogP contribution in [0.25, 0.3) is 0 Å². The van der Waals surface area contributed by atoms with Gasteiger partial charge in [0.1, 0.15) is 10.8 Å². The highest BCUT2D eigenvalue weighted by molar-refractivity contribution is 14.1. The first kappa shape index (κ1) is 15.2. The van der Waals surface area contributed by atoms with Gasteiger partial charge in [0.25, 0.3) is 0 Å². The van der Waals surface area contributed by atoms with E-state index in [1.54, 1.807) is 24.3 Å². The molecule has 0 amide bonds. The largest absolute Gasteiger partial charge is 0.433 e. The maximum atomic E-state index is 12.5. The van der Waals surface area contributed by atoms with Gasteiger partial charge in [-0.2, -0.15) is 13.2 Å². The minimum atomic E-state index is -4.59. The lowest BCUT2D eigenvalue weighted by Crippen LogP contribution is -2.11. The van der Waals surface area contributed by atoms with Crippen LogP contribution in [0, 0.1) is 3.57 Å². The smallest absolute Gasteiger partial charge is 0.288 e. The lowest BCUT2D eigenvalue weighted by atomic mass is 10.0. The van der Waals surface area contributed by atoms with Gasteiger partial charge in [0.05, 0.1) is 5.56 Å². The Balaban J connectivity index is 2.45. The Labute approximate surface area is 131 Å². The fourth-order valence-electron chi connectivity index (χ4n) is 1.55. The molecule has 0 unspecified atom stereocenters. The van der Waals surface area contributed by atoms with Crippen LogP contribution in [0.5, 0.6) is 0 Å². The molecule has 0 aliphatic heterocycles.